The van der Waals surface area contributed by atoms with Gasteiger partial charge >= 0.3 is 5.97 Å². The fourth-order valence-corrected chi connectivity index (χ4v) is 5.65. The molecule has 2 amide bonds. The predicted octanol–water partition coefficient (Wildman–Crippen LogP) is 3.08. The maximum atomic E-state index is 13.5. The third kappa shape index (κ3) is 5.60. The van der Waals surface area contributed by atoms with Crippen molar-refractivity contribution in [3.63, 3.8) is 0 Å². The number of allylic oxidation sites excluding steroid dienone is 1. The number of nitrogens with zero attached hydrogens (tertiary/aromatic N) is 3. The summed E-state index contributed by atoms with van der Waals surface area (Å²) in [6.07, 6.45) is 6.86. The van der Waals surface area contributed by atoms with Crippen molar-refractivity contribution >= 4 is 17.8 Å². The molecule has 3 aliphatic rings. The molecule has 10 heteroatoms. The van der Waals surface area contributed by atoms with Crippen molar-refractivity contribution in [2.24, 2.45) is 17.8 Å². The van der Waals surface area contributed by atoms with Crippen LogP contribution in [0.3, 0.4) is 0 Å². The van der Waals surface area contributed by atoms with Crippen molar-refractivity contribution in [3.8, 4) is 23.1 Å². The number of carbonyl (C=O) groups is 3. The van der Waals surface area contributed by atoms with Crippen LogP contribution in [0.25, 0.3) is 11.4 Å². The average Bonchev–Trinajstić information content (AvgIpc) is 3.48. The maximum Gasteiger partial charge on any atom is 0.330 e. The van der Waals surface area contributed by atoms with Crippen LogP contribution in [0.15, 0.2) is 48.6 Å². The maximum absolute atomic E-state index is 13.5. The molecule has 2 N–H and O–H groups in total. The molecule has 0 unspecified atom stereocenters. The summed E-state index contributed by atoms with van der Waals surface area (Å²) in [5, 5.41) is 12.7. The molecular weight excluding hydrogens is 500 g/mol. The molecule has 2 aliphatic carbocycles. The second kappa shape index (κ2) is 11.0. The van der Waals surface area contributed by atoms with Crippen LogP contribution in [-0.2, 0) is 14.4 Å². The van der Waals surface area contributed by atoms with E-state index < -0.39 is 35.4 Å². The lowest BCUT2D eigenvalue weighted by Crippen LogP contribution is -2.49. The van der Waals surface area contributed by atoms with Crippen molar-refractivity contribution in [1.82, 2.24) is 20.2 Å². The number of fused-ring (bicyclic) bond motifs is 2. The van der Waals surface area contributed by atoms with Gasteiger partial charge in [-0.2, -0.15) is 9.97 Å². The summed E-state index contributed by atoms with van der Waals surface area (Å²) in [7, 11) is 3.27. The number of ether oxygens (including phenoxy) is 2. The van der Waals surface area contributed by atoms with Crippen LogP contribution in [-0.4, -0.2) is 70.1 Å². The van der Waals surface area contributed by atoms with Crippen molar-refractivity contribution < 1.29 is 29.0 Å². The zero-order valence-corrected chi connectivity index (χ0v) is 22.2. The Bertz CT molecular complexity index is 1270. The molecule has 2 saturated carbocycles. The van der Waals surface area contributed by atoms with Gasteiger partial charge in [-0.3, -0.25) is 9.59 Å². The van der Waals surface area contributed by atoms with Gasteiger partial charge in [0, 0.05) is 25.1 Å². The Morgan fingerprint density at radius 3 is 2.59 bits per heavy atom. The predicted molar refractivity (Wildman–Crippen MR) is 142 cm³/mol. The zero-order valence-electron chi connectivity index (χ0n) is 22.2. The summed E-state index contributed by atoms with van der Waals surface area (Å²) >= 11 is 0. The Morgan fingerprint density at radius 1 is 1.10 bits per heavy atom. The van der Waals surface area contributed by atoms with Crippen LogP contribution in [0.5, 0.6) is 11.8 Å². The molecule has 0 bridgehead atoms. The van der Waals surface area contributed by atoms with E-state index in [4.69, 9.17) is 9.47 Å². The Morgan fingerprint density at radius 2 is 1.85 bits per heavy atom. The minimum Gasteiger partial charge on any atom is -0.481 e. The summed E-state index contributed by atoms with van der Waals surface area (Å²) in [6, 6.07) is 11.0. The lowest BCUT2D eigenvalue weighted by Gasteiger charge is -2.26. The third-order valence-corrected chi connectivity index (χ3v) is 7.98. The van der Waals surface area contributed by atoms with Crippen LogP contribution in [0.4, 0.5) is 0 Å². The fraction of sp³-hybridized carbons (Fsp3) is 0.483. The summed E-state index contributed by atoms with van der Waals surface area (Å²) in [4.78, 5) is 49.8. The highest BCUT2D eigenvalue weighted by Gasteiger charge is 2.61. The van der Waals surface area contributed by atoms with Crippen LogP contribution in [0.2, 0.25) is 0 Å². The molecule has 0 radical (unpaired) electrons. The lowest BCUT2D eigenvalue weighted by atomic mass is 9.93. The van der Waals surface area contributed by atoms with E-state index in [0.29, 0.717) is 31.1 Å². The Labute approximate surface area is 227 Å². The van der Waals surface area contributed by atoms with Crippen LogP contribution in [0, 0.1) is 17.8 Å². The molecule has 5 atom stereocenters. The van der Waals surface area contributed by atoms with E-state index >= 15 is 0 Å². The summed E-state index contributed by atoms with van der Waals surface area (Å²) in [5.41, 5.74) is -0.523. The lowest BCUT2D eigenvalue weighted by molar-refractivity contribution is -0.145. The molecule has 0 spiro atoms. The minimum absolute atomic E-state index is 0.129. The van der Waals surface area contributed by atoms with Gasteiger partial charge in [0.25, 0.3) is 0 Å². The van der Waals surface area contributed by atoms with Crippen LogP contribution >= 0.6 is 0 Å². The van der Waals surface area contributed by atoms with E-state index in [1.165, 1.54) is 7.11 Å². The summed E-state index contributed by atoms with van der Waals surface area (Å²) < 4.78 is 11.6. The highest BCUT2D eigenvalue weighted by Crippen LogP contribution is 2.46. The zero-order chi connectivity index (χ0) is 27.6. The first-order chi connectivity index (χ1) is 18.8. The molecule has 2 aromatic rings. The van der Waals surface area contributed by atoms with Gasteiger partial charge in [-0.15, -0.1) is 0 Å². The Hall–Kier alpha value is -3.95. The highest BCUT2D eigenvalue weighted by molar-refractivity contribution is 5.94. The molecule has 1 aromatic carbocycles. The fourth-order valence-electron chi connectivity index (χ4n) is 5.65. The van der Waals surface area contributed by atoms with Gasteiger partial charge in [0.2, 0.25) is 23.6 Å². The summed E-state index contributed by atoms with van der Waals surface area (Å²) in [6.45, 7) is 0.592. The van der Waals surface area contributed by atoms with E-state index in [1.54, 1.807) is 18.0 Å². The number of benzene rings is 1. The first kappa shape index (κ1) is 26.6. The number of rotatable bonds is 5. The van der Waals surface area contributed by atoms with Crippen molar-refractivity contribution in [2.45, 2.75) is 50.2 Å². The Kier molecular flexibility index (Phi) is 7.54. The molecule has 206 valence electrons. The number of carbonyl (C=O) groups excluding carboxylic acids is 2. The van der Waals surface area contributed by atoms with Crippen molar-refractivity contribution in [3.05, 3.63) is 48.6 Å². The van der Waals surface area contributed by atoms with E-state index in [0.717, 1.165) is 24.8 Å². The van der Waals surface area contributed by atoms with Crippen LogP contribution < -0.4 is 14.8 Å². The molecule has 39 heavy (non-hydrogen) atoms. The SMILES string of the molecule is COc1cc(O[C@@H]2C[C@H]3C(=O)N[C@]4(C(=O)O)C[C@@H]4/C=C\CCCCN(C)C(=O)[C@@H]3C2)nc(-c2ccccc2)n1. The normalized spacial score (nSPS) is 29.8. The largest absolute Gasteiger partial charge is 0.481 e. The Balaban J connectivity index is 1.40. The van der Waals surface area contributed by atoms with Gasteiger partial charge in [0.05, 0.1) is 25.0 Å². The number of carboxylic acids is 1. The highest BCUT2D eigenvalue weighted by atomic mass is 16.5. The van der Waals surface area contributed by atoms with Gasteiger partial charge in [-0.05, 0) is 38.5 Å². The number of methoxy groups -OCH3 is 1. The molecule has 1 aliphatic heterocycles. The molecule has 5 rings (SSSR count). The van der Waals surface area contributed by atoms with Gasteiger partial charge in [0.1, 0.15) is 11.6 Å². The third-order valence-electron chi connectivity index (χ3n) is 7.98. The van der Waals surface area contributed by atoms with E-state index in [1.807, 2.05) is 42.5 Å². The number of aromatic nitrogens is 2. The van der Waals surface area contributed by atoms with Crippen molar-refractivity contribution in [1.29, 1.82) is 0 Å². The molecule has 1 aromatic heterocycles. The number of hydrogen-bond donors (Lipinski definition) is 2. The quantitative estimate of drug-likeness (QED) is 0.560. The van der Waals surface area contributed by atoms with E-state index in [9.17, 15) is 19.5 Å². The second-order valence-electron chi connectivity index (χ2n) is 10.6. The standard InChI is InChI=1S/C29H34N4O6/c1-33-13-9-4-3-8-12-19-17-29(19,28(36)37)32-26(34)21-14-20(15-22(21)27(33)35)39-24-16-23(38-2)30-25(31-24)18-10-6-5-7-11-18/h5-8,10-12,16,19-22H,3-4,9,13-15,17H2,1-2H3,(H,32,34)(H,36,37)/b12-8-/t19-,20+,21+,22+,29+/m0/s1. The number of hydrogen-bond acceptors (Lipinski definition) is 7. The number of nitrogens with one attached hydrogen (secondary N) is 1. The van der Waals surface area contributed by atoms with Crippen molar-refractivity contribution in [2.75, 3.05) is 20.7 Å². The van der Waals surface area contributed by atoms with Gasteiger partial charge in [-0.25, -0.2) is 4.79 Å². The molecule has 10 nitrogen and oxygen atoms in total. The van der Waals surface area contributed by atoms with Gasteiger partial charge in [-0.1, -0.05) is 42.5 Å². The topological polar surface area (TPSA) is 131 Å². The minimum atomic E-state index is -1.32. The number of aliphatic carboxylic acids is 1. The number of carboxylic acid groups (broad SMARTS) is 1. The first-order valence-corrected chi connectivity index (χ1v) is 13.4. The smallest absolute Gasteiger partial charge is 0.330 e. The molecule has 2 heterocycles. The van der Waals surface area contributed by atoms with Gasteiger partial charge in [0.15, 0.2) is 5.82 Å². The number of amides is 2. The molecule has 2 fully saturated rings. The molecule has 0 saturated heterocycles. The van der Waals surface area contributed by atoms with Gasteiger partial charge < -0.3 is 24.8 Å². The average molecular weight is 535 g/mol. The van der Waals surface area contributed by atoms with Crippen LogP contribution in [0.1, 0.15) is 38.5 Å². The van der Waals surface area contributed by atoms with E-state index in [2.05, 4.69) is 15.3 Å². The summed E-state index contributed by atoms with van der Waals surface area (Å²) in [5.74, 6) is -2.14. The first-order valence-electron chi connectivity index (χ1n) is 13.4. The monoisotopic (exact) mass is 534 g/mol. The second-order valence-corrected chi connectivity index (χ2v) is 10.6. The molecular formula is C29H34N4O6. The van der Waals surface area contributed by atoms with E-state index in [-0.39, 0.29) is 24.1 Å².